The van der Waals surface area contributed by atoms with Crippen LogP contribution < -0.4 is 14.8 Å². The van der Waals surface area contributed by atoms with Crippen molar-refractivity contribution in [2.45, 2.75) is 32.6 Å². The maximum atomic E-state index is 12.9. The number of likely N-dealkylation sites (tertiary alicyclic amines) is 1. The first kappa shape index (κ1) is 19.1. The topological polar surface area (TPSA) is 67.9 Å². The molecule has 2 rings (SSSR count). The first-order chi connectivity index (χ1) is 12.1. The third-order valence-electron chi connectivity index (χ3n) is 4.51. The molecular formula is C19H28N2O4. The van der Waals surface area contributed by atoms with E-state index < -0.39 is 0 Å². The van der Waals surface area contributed by atoms with E-state index in [9.17, 15) is 9.59 Å². The predicted octanol–water partition coefficient (Wildman–Crippen LogP) is 2.47. The second-order valence-electron chi connectivity index (χ2n) is 6.38. The number of hydrogen-bond acceptors (Lipinski definition) is 4. The van der Waals surface area contributed by atoms with Gasteiger partial charge in [0.2, 0.25) is 5.91 Å². The maximum absolute atomic E-state index is 12.9. The molecule has 1 atom stereocenters. The van der Waals surface area contributed by atoms with Crippen LogP contribution in [0.1, 0.15) is 43.0 Å². The lowest BCUT2D eigenvalue weighted by molar-refractivity contribution is -0.121. The fraction of sp³-hybridized carbons (Fsp3) is 0.579. The van der Waals surface area contributed by atoms with E-state index in [0.717, 1.165) is 25.8 Å². The van der Waals surface area contributed by atoms with Crippen molar-refractivity contribution in [1.82, 2.24) is 10.2 Å². The molecule has 1 aromatic rings. The van der Waals surface area contributed by atoms with Crippen LogP contribution in [0.15, 0.2) is 18.2 Å². The Labute approximate surface area is 149 Å². The third kappa shape index (κ3) is 5.11. The normalized spacial score (nSPS) is 17.1. The molecule has 0 radical (unpaired) electrons. The number of nitrogens with zero attached hydrogens (tertiary/aromatic N) is 1. The number of rotatable bonds is 7. The summed E-state index contributed by atoms with van der Waals surface area (Å²) in [6.45, 7) is 4.00. The molecule has 6 heteroatoms. The second kappa shape index (κ2) is 9.30. The summed E-state index contributed by atoms with van der Waals surface area (Å²) in [7, 11) is 3.13. The van der Waals surface area contributed by atoms with Crippen LogP contribution in [0.25, 0.3) is 0 Å². The van der Waals surface area contributed by atoms with E-state index in [2.05, 4.69) is 5.32 Å². The summed E-state index contributed by atoms with van der Waals surface area (Å²) in [5.74, 6) is 1.51. The number of ether oxygens (including phenoxy) is 2. The second-order valence-corrected chi connectivity index (χ2v) is 6.38. The highest BCUT2D eigenvalue weighted by atomic mass is 16.5. The van der Waals surface area contributed by atoms with Gasteiger partial charge in [-0.2, -0.15) is 0 Å². The van der Waals surface area contributed by atoms with Gasteiger partial charge in [-0.3, -0.25) is 9.59 Å². The summed E-state index contributed by atoms with van der Waals surface area (Å²) < 4.78 is 10.5. The van der Waals surface area contributed by atoms with Crippen molar-refractivity contribution in [3.8, 4) is 11.5 Å². The zero-order valence-electron chi connectivity index (χ0n) is 15.3. The van der Waals surface area contributed by atoms with E-state index in [1.807, 2.05) is 11.8 Å². The molecule has 0 aromatic heterocycles. The summed E-state index contributed by atoms with van der Waals surface area (Å²) in [6.07, 6.45) is 3.37. The van der Waals surface area contributed by atoms with E-state index in [0.29, 0.717) is 42.5 Å². The van der Waals surface area contributed by atoms with Crippen LogP contribution in [0.2, 0.25) is 0 Å². The van der Waals surface area contributed by atoms with Gasteiger partial charge in [0, 0.05) is 32.1 Å². The lowest BCUT2D eigenvalue weighted by Crippen LogP contribution is -2.43. The van der Waals surface area contributed by atoms with Gasteiger partial charge in [-0.1, -0.05) is 6.92 Å². The van der Waals surface area contributed by atoms with Crippen LogP contribution in [0.4, 0.5) is 0 Å². The minimum Gasteiger partial charge on any atom is -0.497 e. The average molecular weight is 348 g/mol. The smallest absolute Gasteiger partial charge is 0.257 e. The SMILES string of the molecule is CCCC(=O)NCC1CCCN(C(=O)c2ccc(OC)cc2OC)C1. The van der Waals surface area contributed by atoms with E-state index in [1.165, 1.54) is 0 Å². The number of amides is 2. The average Bonchev–Trinajstić information content (AvgIpc) is 2.65. The fourth-order valence-corrected chi connectivity index (χ4v) is 3.14. The summed E-state index contributed by atoms with van der Waals surface area (Å²) in [6, 6.07) is 5.23. The van der Waals surface area contributed by atoms with Gasteiger partial charge in [0.05, 0.1) is 19.8 Å². The Kier molecular flexibility index (Phi) is 7.10. The quantitative estimate of drug-likeness (QED) is 0.822. The van der Waals surface area contributed by atoms with Gasteiger partial charge >= 0.3 is 0 Å². The molecule has 25 heavy (non-hydrogen) atoms. The van der Waals surface area contributed by atoms with Gasteiger partial charge < -0.3 is 19.7 Å². The van der Waals surface area contributed by atoms with Gasteiger partial charge in [0.15, 0.2) is 0 Å². The maximum Gasteiger partial charge on any atom is 0.257 e. The van der Waals surface area contributed by atoms with Crippen molar-refractivity contribution in [3.63, 3.8) is 0 Å². The van der Waals surface area contributed by atoms with Gasteiger partial charge in [0.25, 0.3) is 5.91 Å². The molecule has 2 amide bonds. The lowest BCUT2D eigenvalue weighted by atomic mass is 9.97. The van der Waals surface area contributed by atoms with Gasteiger partial charge in [0.1, 0.15) is 11.5 Å². The number of carbonyl (C=O) groups is 2. The van der Waals surface area contributed by atoms with E-state index in [1.54, 1.807) is 32.4 Å². The summed E-state index contributed by atoms with van der Waals surface area (Å²) >= 11 is 0. The highest BCUT2D eigenvalue weighted by molar-refractivity contribution is 5.97. The van der Waals surface area contributed by atoms with Crippen molar-refractivity contribution >= 4 is 11.8 Å². The van der Waals surface area contributed by atoms with Crippen molar-refractivity contribution < 1.29 is 19.1 Å². The highest BCUT2D eigenvalue weighted by Crippen LogP contribution is 2.27. The Balaban J connectivity index is 2.00. The molecule has 0 bridgehead atoms. The van der Waals surface area contributed by atoms with Crippen LogP contribution in [0, 0.1) is 5.92 Å². The monoisotopic (exact) mass is 348 g/mol. The van der Waals surface area contributed by atoms with Crippen LogP contribution in [0.3, 0.4) is 0 Å². The Morgan fingerprint density at radius 3 is 2.76 bits per heavy atom. The van der Waals surface area contributed by atoms with Crippen molar-refractivity contribution in [2.24, 2.45) is 5.92 Å². The van der Waals surface area contributed by atoms with Crippen LogP contribution in [-0.2, 0) is 4.79 Å². The van der Waals surface area contributed by atoms with E-state index in [4.69, 9.17) is 9.47 Å². The van der Waals surface area contributed by atoms with Crippen LogP contribution in [-0.4, -0.2) is 50.6 Å². The van der Waals surface area contributed by atoms with Gasteiger partial charge in [-0.05, 0) is 37.3 Å². The highest BCUT2D eigenvalue weighted by Gasteiger charge is 2.26. The van der Waals surface area contributed by atoms with Crippen LogP contribution >= 0.6 is 0 Å². The molecule has 1 heterocycles. The number of nitrogens with one attached hydrogen (secondary N) is 1. The number of piperidine rings is 1. The van der Waals surface area contributed by atoms with Crippen molar-refractivity contribution in [3.05, 3.63) is 23.8 Å². The first-order valence-electron chi connectivity index (χ1n) is 8.87. The minimum atomic E-state index is -0.0379. The van der Waals surface area contributed by atoms with E-state index in [-0.39, 0.29) is 11.8 Å². The summed E-state index contributed by atoms with van der Waals surface area (Å²) in [5, 5.41) is 2.97. The zero-order chi connectivity index (χ0) is 18.2. The molecule has 1 N–H and O–H groups in total. The van der Waals surface area contributed by atoms with Crippen molar-refractivity contribution in [1.29, 1.82) is 0 Å². The molecule has 138 valence electrons. The molecule has 1 aliphatic rings. The molecule has 0 spiro atoms. The zero-order valence-corrected chi connectivity index (χ0v) is 15.3. The molecule has 0 aliphatic carbocycles. The van der Waals surface area contributed by atoms with Crippen molar-refractivity contribution in [2.75, 3.05) is 33.9 Å². The Morgan fingerprint density at radius 2 is 2.08 bits per heavy atom. The number of hydrogen-bond donors (Lipinski definition) is 1. The number of benzene rings is 1. The molecule has 1 aliphatic heterocycles. The standard InChI is InChI=1S/C19H28N2O4/c1-4-6-18(22)20-12-14-7-5-10-21(13-14)19(23)16-9-8-15(24-2)11-17(16)25-3/h8-9,11,14H,4-7,10,12-13H2,1-3H3,(H,20,22). The van der Waals surface area contributed by atoms with Crippen LogP contribution in [0.5, 0.6) is 11.5 Å². The Bertz CT molecular complexity index is 603. The number of carbonyl (C=O) groups excluding carboxylic acids is 2. The Hall–Kier alpha value is -2.24. The molecule has 1 fully saturated rings. The molecule has 6 nitrogen and oxygen atoms in total. The lowest BCUT2D eigenvalue weighted by Gasteiger charge is -2.33. The fourth-order valence-electron chi connectivity index (χ4n) is 3.14. The Morgan fingerprint density at radius 1 is 1.28 bits per heavy atom. The largest absolute Gasteiger partial charge is 0.497 e. The number of methoxy groups -OCH3 is 2. The molecule has 1 saturated heterocycles. The summed E-state index contributed by atoms with van der Waals surface area (Å²) in [5.41, 5.74) is 0.541. The van der Waals surface area contributed by atoms with Gasteiger partial charge in [-0.25, -0.2) is 0 Å². The molecule has 1 aromatic carbocycles. The predicted molar refractivity (Wildman–Crippen MR) is 96.1 cm³/mol. The third-order valence-corrected chi connectivity index (χ3v) is 4.51. The van der Waals surface area contributed by atoms with Gasteiger partial charge in [-0.15, -0.1) is 0 Å². The summed E-state index contributed by atoms with van der Waals surface area (Å²) in [4.78, 5) is 26.4. The molecular weight excluding hydrogens is 320 g/mol. The van der Waals surface area contributed by atoms with E-state index >= 15 is 0 Å². The molecule has 1 unspecified atom stereocenters. The first-order valence-corrected chi connectivity index (χ1v) is 8.87. The minimum absolute atomic E-state index is 0.0379. The molecule has 0 saturated carbocycles.